The normalized spacial score (nSPS) is 24.5. The third-order valence-electron chi connectivity index (χ3n) is 5.09. The average molecular weight is 484 g/mol. The number of fused-ring (bicyclic) bond motifs is 1. The summed E-state index contributed by atoms with van der Waals surface area (Å²) in [6, 6.07) is 3.35. The van der Waals surface area contributed by atoms with E-state index in [1.807, 2.05) is 0 Å². The number of rotatable bonds is 2. The van der Waals surface area contributed by atoms with Crippen LogP contribution in [0.2, 0.25) is 0 Å². The van der Waals surface area contributed by atoms with Crippen LogP contribution in [-0.2, 0) is 24.5 Å². The molecule has 0 radical (unpaired) electrons. The number of nitrogen functional groups attached to an aromatic ring is 1. The Morgan fingerprint density at radius 1 is 1.18 bits per heavy atom. The van der Waals surface area contributed by atoms with Gasteiger partial charge in [-0.15, -0.1) is 4.90 Å². The molecule has 34 heavy (non-hydrogen) atoms. The number of anilines is 1. The van der Waals surface area contributed by atoms with E-state index < -0.39 is 59.6 Å². The summed E-state index contributed by atoms with van der Waals surface area (Å²) in [5.74, 6) is -0.645. The molecule has 1 aromatic carbocycles. The molecule has 0 bridgehead atoms. The molecular weight excluding hydrogens is 452 g/mol. The number of amides is 2. The highest BCUT2D eigenvalue weighted by molar-refractivity contribution is 6.06. The first-order valence-electron chi connectivity index (χ1n) is 10.9. The summed E-state index contributed by atoms with van der Waals surface area (Å²) in [6.07, 6.45) is -4.45. The van der Waals surface area contributed by atoms with Crippen molar-refractivity contribution in [1.82, 2.24) is 4.90 Å². The molecule has 2 aliphatic rings. The zero-order valence-corrected chi connectivity index (χ0v) is 20.2. The third kappa shape index (κ3) is 5.24. The molecular formula is C23H31F2N3O6. The topological polar surface area (TPSA) is 113 Å². The van der Waals surface area contributed by atoms with E-state index in [-0.39, 0.29) is 24.3 Å². The number of benzene rings is 1. The maximum atomic E-state index is 15.0. The molecule has 1 fully saturated rings. The number of carbonyl (C=O) groups excluding carboxylic acids is 2. The molecule has 0 unspecified atom stereocenters. The number of ether oxygens (including phenoxy) is 4. The highest BCUT2D eigenvalue weighted by Gasteiger charge is 2.56. The zero-order chi connectivity index (χ0) is 25.5. The Bertz CT molecular complexity index is 960. The third-order valence-corrected chi connectivity index (χ3v) is 5.09. The van der Waals surface area contributed by atoms with Gasteiger partial charge < -0.3 is 24.7 Å². The monoisotopic (exact) mass is 483 g/mol. The fourth-order valence-electron chi connectivity index (χ4n) is 3.83. The van der Waals surface area contributed by atoms with Crippen LogP contribution < -0.4 is 5.73 Å². The molecule has 0 saturated carbocycles. The molecule has 2 N–H and O–H groups in total. The number of hydrogen-bond donors (Lipinski definition) is 1. The molecule has 0 aliphatic carbocycles. The Morgan fingerprint density at radius 2 is 1.76 bits per heavy atom. The minimum absolute atomic E-state index is 0.0441. The SMILES string of the molecule is CC(C)(C)OC(=O)N(C(=O)OC(C)(C)C)C1=N[C@@]2(c3cc(N)ccc3F)CCO[C@H]2[C@@H](CF)O1. The van der Waals surface area contributed by atoms with Crippen molar-refractivity contribution in [2.24, 2.45) is 4.99 Å². The number of nitrogens with two attached hydrogens (primary N) is 1. The summed E-state index contributed by atoms with van der Waals surface area (Å²) < 4.78 is 51.2. The summed E-state index contributed by atoms with van der Waals surface area (Å²) in [6.45, 7) is 8.72. The lowest BCUT2D eigenvalue weighted by atomic mass is 9.80. The van der Waals surface area contributed by atoms with Crippen LogP contribution in [0, 0.1) is 5.82 Å². The van der Waals surface area contributed by atoms with Crippen LogP contribution in [0.15, 0.2) is 23.2 Å². The number of halogens is 2. The molecule has 188 valence electrons. The quantitative estimate of drug-likeness (QED) is 0.625. The van der Waals surface area contributed by atoms with E-state index >= 15 is 0 Å². The van der Waals surface area contributed by atoms with E-state index in [1.54, 1.807) is 41.5 Å². The molecule has 0 aromatic heterocycles. The maximum absolute atomic E-state index is 15.0. The van der Waals surface area contributed by atoms with Crippen molar-refractivity contribution in [3.63, 3.8) is 0 Å². The molecule has 0 spiro atoms. The van der Waals surface area contributed by atoms with Gasteiger partial charge in [0.25, 0.3) is 0 Å². The summed E-state index contributed by atoms with van der Waals surface area (Å²) in [7, 11) is 0. The van der Waals surface area contributed by atoms with Crippen LogP contribution in [0.4, 0.5) is 24.1 Å². The molecule has 9 nitrogen and oxygen atoms in total. The molecule has 2 amide bonds. The van der Waals surface area contributed by atoms with Crippen LogP contribution in [-0.4, -0.2) is 59.8 Å². The van der Waals surface area contributed by atoms with Gasteiger partial charge in [-0.2, -0.15) is 0 Å². The Balaban J connectivity index is 2.18. The Labute approximate surface area is 197 Å². The second-order valence-electron chi connectivity index (χ2n) is 10.2. The van der Waals surface area contributed by atoms with E-state index in [0.717, 1.165) is 0 Å². The van der Waals surface area contributed by atoms with Crippen molar-refractivity contribution in [2.45, 2.75) is 76.9 Å². The maximum Gasteiger partial charge on any atom is 0.428 e. The average Bonchev–Trinajstić information content (AvgIpc) is 3.11. The van der Waals surface area contributed by atoms with E-state index in [2.05, 4.69) is 4.99 Å². The van der Waals surface area contributed by atoms with Gasteiger partial charge in [-0.1, -0.05) is 0 Å². The van der Waals surface area contributed by atoms with Crippen molar-refractivity contribution >= 4 is 23.9 Å². The second-order valence-corrected chi connectivity index (χ2v) is 10.2. The lowest BCUT2D eigenvalue weighted by Gasteiger charge is -2.41. The first-order chi connectivity index (χ1) is 15.7. The van der Waals surface area contributed by atoms with E-state index in [0.29, 0.717) is 4.90 Å². The Morgan fingerprint density at radius 3 is 2.29 bits per heavy atom. The van der Waals surface area contributed by atoms with Gasteiger partial charge in [-0.05, 0) is 59.7 Å². The lowest BCUT2D eigenvalue weighted by molar-refractivity contribution is -0.0549. The minimum Gasteiger partial charge on any atom is -0.455 e. The molecule has 1 saturated heterocycles. The number of nitrogens with zero attached hydrogens (tertiary/aromatic N) is 2. The molecule has 11 heteroatoms. The molecule has 3 atom stereocenters. The number of imide groups is 1. The fraction of sp³-hybridized carbons (Fsp3) is 0.609. The highest BCUT2D eigenvalue weighted by atomic mass is 19.1. The molecule has 3 rings (SSSR count). The zero-order valence-electron chi connectivity index (χ0n) is 20.2. The fourth-order valence-corrected chi connectivity index (χ4v) is 3.83. The van der Waals surface area contributed by atoms with Crippen molar-refractivity contribution < 1.29 is 37.3 Å². The van der Waals surface area contributed by atoms with Gasteiger partial charge in [0.05, 0.1) is 6.61 Å². The number of hydrogen-bond acceptors (Lipinski definition) is 8. The first kappa shape index (κ1) is 25.7. The van der Waals surface area contributed by atoms with Crippen LogP contribution in [0.1, 0.15) is 53.5 Å². The van der Waals surface area contributed by atoms with Crippen LogP contribution in [0.3, 0.4) is 0 Å². The van der Waals surface area contributed by atoms with E-state index in [1.165, 1.54) is 18.2 Å². The van der Waals surface area contributed by atoms with Gasteiger partial charge >= 0.3 is 18.2 Å². The van der Waals surface area contributed by atoms with Crippen molar-refractivity contribution in [2.75, 3.05) is 19.0 Å². The first-order valence-corrected chi connectivity index (χ1v) is 10.9. The number of amidine groups is 1. The number of carbonyl (C=O) groups is 2. The van der Waals surface area contributed by atoms with Crippen LogP contribution in [0.5, 0.6) is 0 Å². The minimum atomic E-state index is -1.49. The summed E-state index contributed by atoms with van der Waals surface area (Å²) in [4.78, 5) is 31.1. The van der Waals surface area contributed by atoms with Crippen LogP contribution >= 0.6 is 0 Å². The Hall–Kier alpha value is -2.95. The van der Waals surface area contributed by atoms with Gasteiger partial charge in [0.15, 0.2) is 6.10 Å². The second kappa shape index (κ2) is 9.01. The van der Waals surface area contributed by atoms with Crippen molar-refractivity contribution in [3.8, 4) is 0 Å². The molecule has 2 heterocycles. The standard InChI is InChI=1S/C23H31F2N3O6/c1-21(2,3)33-19(29)28(20(30)34-22(4,5)6)18-27-23(14-11-13(26)7-8-15(14)25)9-10-31-17(23)16(12-24)32-18/h7-8,11,16-17H,9-10,12,26H2,1-6H3/t16-,17+,23-/m1/s1. The largest absolute Gasteiger partial charge is 0.455 e. The van der Waals surface area contributed by atoms with E-state index in [4.69, 9.17) is 24.7 Å². The van der Waals surface area contributed by atoms with Gasteiger partial charge in [-0.25, -0.2) is 23.4 Å². The van der Waals surface area contributed by atoms with Crippen molar-refractivity contribution in [3.05, 3.63) is 29.6 Å². The van der Waals surface area contributed by atoms with Gasteiger partial charge in [0.1, 0.15) is 35.3 Å². The van der Waals surface area contributed by atoms with Gasteiger partial charge in [-0.3, -0.25) is 0 Å². The predicted molar refractivity (Wildman–Crippen MR) is 119 cm³/mol. The van der Waals surface area contributed by atoms with Gasteiger partial charge in [0, 0.05) is 17.7 Å². The predicted octanol–water partition coefficient (Wildman–Crippen LogP) is 4.29. The summed E-state index contributed by atoms with van der Waals surface area (Å²) >= 11 is 0. The smallest absolute Gasteiger partial charge is 0.428 e. The lowest BCUT2D eigenvalue weighted by Crippen LogP contribution is -2.56. The van der Waals surface area contributed by atoms with E-state index in [9.17, 15) is 18.4 Å². The van der Waals surface area contributed by atoms with Crippen molar-refractivity contribution in [1.29, 1.82) is 0 Å². The summed E-state index contributed by atoms with van der Waals surface area (Å²) in [5.41, 5.74) is 2.73. The highest BCUT2D eigenvalue weighted by Crippen LogP contribution is 2.46. The number of alkyl halides is 1. The van der Waals surface area contributed by atoms with Gasteiger partial charge in [0.2, 0.25) is 0 Å². The molecule has 1 aromatic rings. The molecule has 2 aliphatic heterocycles. The number of aliphatic imine (C=N–C) groups is 1. The van der Waals surface area contributed by atoms with Crippen LogP contribution in [0.25, 0.3) is 0 Å². The Kier molecular flexibility index (Phi) is 6.80. The summed E-state index contributed by atoms with van der Waals surface area (Å²) in [5, 5.41) is 0.